The fourth-order valence-corrected chi connectivity index (χ4v) is 3.91. The molecule has 0 bridgehead atoms. The van der Waals surface area contributed by atoms with Gasteiger partial charge in [-0.1, -0.05) is 66.2 Å². The normalized spacial score (nSPS) is 10.6. The second-order valence-electron chi connectivity index (χ2n) is 6.75. The molecule has 0 fully saturated rings. The molecule has 2 N–H and O–H groups in total. The highest BCUT2D eigenvalue weighted by Gasteiger charge is 2.08. The summed E-state index contributed by atoms with van der Waals surface area (Å²) in [6.45, 7) is 0. The molecule has 4 aromatic rings. The van der Waals surface area contributed by atoms with Crippen LogP contribution < -0.4 is 10.6 Å². The zero-order valence-corrected chi connectivity index (χ0v) is 17.7. The van der Waals surface area contributed by atoms with Crippen LogP contribution >= 0.6 is 22.9 Å². The van der Waals surface area contributed by atoms with Crippen LogP contribution in [0.4, 0.5) is 16.5 Å². The molecule has 6 heteroatoms. The molecule has 0 radical (unpaired) electrons. The zero-order valence-electron chi connectivity index (χ0n) is 16.1. The van der Waals surface area contributed by atoms with Crippen LogP contribution in [0.1, 0.15) is 12.0 Å². The molecule has 4 rings (SSSR count). The Morgan fingerprint density at radius 3 is 2.43 bits per heavy atom. The summed E-state index contributed by atoms with van der Waals surface area (Å²) in [7, 11) is 0. The lowest BCUT2D eigenvalue weighted by atomic mass is 10.1. The highest BCUT2D eigenvalue weighted by molar-refractivity contribution is 7.14. The van der Waals surface area contributed by atoms with Crippen molar-refractivity contribution in [1.82, 2.24) is 4.98 Å². The summed E-state index contributed by atoms with van der Waals surface area (Å²) >= 11 is 7.71. The van der Waals surface area contributed by atoms with Crippen molar-refractivity contribution >= 4 is 45.4 Å². The van der Waals surface area contributed by atoms with Gasteiger partial charge in [-0.15, -0.1) is 11.3 Å². The number of carbonyl (C=O) groups is 1. The minimum Gasteiger partial charge on any atom is -0.330 e. The first-order valence-corrected chi connectivity index (χ1v) is 10.8. The van der Waals surface area contributed by atoms with E-state index in [2.05, 4.69) is 15.6 Å². The Bertz CT molecular complexity index is 1130. The van der Waals surface area contributed by atoms with Crippen LogP contribution in [-0.4, -0.2) is 10.9 Å². The number of halogens is 1. The fraction of sp³-hybridized carbons (Fsp3) is 0.0833. The van der Waals surface area contributed by atoms with Gasteiger partial charge in [0.15, 0.2) is 5.13 Å². The summed E-state index contributed by atoms with van der Waals surface area (Å²) < 4.78 is 0. The van der Waals surface area contributed by atoms with Crippen molar-refractivity contribution in [2.75, 3.05) is 10.6 Å². The van der Waals surface area contributed by atoms with Gasteiger partial charge in [0.2, 0.25) is 5.91 Å². The molecule has 1 aromatic heterocycles. The van der Waals surface area contributed by atoms with Gasteiger partial charge in [0.25, 0.3) is 0 Å². The number of anilines is 3. The maximum absolute atomic E-state index is 12.2. The molecule has 0 aliphatic rings. The Morgan fingerprint density at radius 2 is 1.67 bits per heavy atom. The van der Waals surface area contributed by atoms with E-state index in [0.29, 0.717) is 11.4 Å². The van der Waals surface area contributed by atoms with E-state index in [4.69, 9.17) is 11.6 Å². The van der Waals surface area contributed by atoms with E-state index >= 15 is 0 Å². The molecule has 0 saturated carbocycles. The van der Waals surface area contributed by atoms with Crippen molar-refractivity contribution in [3.63, 3.8) is 0 Å². The van der Waals surface area contributed by atoms with E-state index in [1.807, 2.05) is 84.2 Å². The Hall–Kier alpha value is -3.15. The number of rotatable bonds is 7. The third-order valence-corrected chi connectivity index (χ3v) is 5.65. The van der Waals surface area contributed by atoms with E-state index in [0.717, 1.165) is 39.7 Å². The summed E-state index contributed by atoms with van der Waals surface area (Å²) in [4.78, 5) is 16.8. The number of nitrogens with one attached hydrogen (secondary N) is 2. The summed E-state index contributed by atoms with van der Waals surface area (Å²) in [5.74, 6) is 0.00601. The number of carbonyl (C=O) groups excluding carboxylic acids is 1. The maximum atomic E-state index is 12.2. The lowest BCUT2D eigenvalue weighted by molar-refractivity contribution is -0.116. The van der Waals surface area contributed by atoms with E-state index in [1.54, 1.807) is 0 Å². The SMILES string of the molecule is O=C(CCc1ccccc1)Nc1ccc(-c2csc(Nc3ccccc3Cl)n2)cc1. The quantitative estimate of drug-likeness (QED) is 0.337. The average Bonchev–Trinajstić information content (AvgIpc) is 3.24. The van der Waals surface area contributed by atoms with Crippen molar-refractivity contribution in [2.45, 2.75) is 12.8 Å². The first kappa shape index (κ1) is 20.1. The Balaban J connectivity index is 1.35. The highest BCUT2D eigenvalue weighted by atomic mass is 35.5. The van der Waals surface area contributed by atoms with Crippen molar-refractivity contribution in [2.24, 2.45) is 0 Å². The number of aryl methyl sites for hydroxylation is 1. The van der Waals surface area contributed by atoms with E-state index < -0.39 is 0 Å². The Kier molecular flexibility index (Phi) is 6.42. The standard InChI is InChI=1S/C24H20ClN3OS/c25-20-8-4-5-9-21(20)27-24-28-22(16-30-24)18-11-13-19(14-12-18)26-23(29)15-10-17-6-2-1-3-7-17/h1-9,11-14,16H,10,15H2,(H,26,29)(H,27,28). The average molecular weight is 434 g/mol. The number of amides is 1. The minimum absolute atomic E-state index is 0.00601. The molecule has 0 aliphatic carbocycles. The predicted octanol–water partition coefficient (Wildman–Crippen LogP) is 6.78. The summed E-state index contributed by atoms with van der Waals surface area (Å²) in [6.07, 6.45) is 1.18. The van der Waals surface area contributed by atoms with Gasteiger partial charge >= 0.3 is 0 Å². The molecule has 1 amide bonds. The van der Waals surface area contributed by atoms with Crippen LogP contribution in [0, 0.1) is 0 Å². The van der Waals surface area contributed by atoms with E-state index in [-0.39, 0.29) is 5.91 Å². The van der Waals surface area contributed by atoms with Crippen molar-refractivity contribution in [3.8, 4) is 11.3 Å². The molecule has 150 valence electrons. The largest absolute Gasteiger partial charge is 0.330 e. The monoisotopic (exact) mass is 433 g/mol. The van der Waals surface area contributed by atoms with Gasteiger partial charge in [-0.2, -0.15) is 0 Å². The second kappa shape index (κ2) is 9.57. The van der Waals surface area contributed by atoms with Gasteiger partial charge in [0.05, 0.1) is 16.4 Å². The number of hydrogen-bond acceptors (Lipinski definition) is 4. The van der Waals surface area contributed by atoms with Crippen molar-refractivity contribution in [3.05, 3.63) is 94.8 Å². The van der Waals surface area contributed by atoms with Crippen LogP contribution in [0.5, 0.6) is 0 Å². The van der Waals surface area contributed by atoms with Crippen LogP contribution in [0.25, 0.3) is 11.3 Å². The number of para-hydroxylation sites is 1. The van der Waals surface area contributed by atoms with Gasteiger partial charge in [0.1, 0.15) is 0 Å². The van der Waals surface area contributed by atoms with Crippen LogP contribution in [0.3, 0.4) is 0 Å². The first-order chi connectivity index (χ1) is 14.7. The van der Waals surface area contributed by atoms with Crippen LogP contribution in [0.2, 0.25) is 5.02 Å². The molecule has 30 heavy (non-hydrogen) atoms. The molecule has 0 spiro atoms. The molecule has 0 unspecified atom stereocenters. The van der Waals surface area contributed by atoms with Gasteiger partial charge in [0, 0.05) is 23.1 Å². The van der Waals surface area contributed by atoms with Crippen LogP contribution in [-0.2, 0) is 11.2 Å². The third-order valence-electron chi connectivity index (χ3n) is 4.57. The number of nitrogens with zero attached hydrogens (tertiary/aromatic N) is 1. The minimum atomic E-state index is 0.00601. The highest BCUT2D eigenvalue weighted by Crippen LogP contribution is 2.30. The zero-order chi connectivity index (χ0) is 20.8. The van der Waals surface area contributed by atoms with Gasteiger partial charge in [-0.25, -0.2) is 4.98 Å². The van der Waals surface area contributed by atoms with Gasteiger partial charge in [-0.3, -0.25) is 4.79 Å². The topological polar surface area (TPSA) is 54.0 Å². The molecule has 0 atom stereocenters. The maximum Gasteiger partial charge on any atom is 0.224 e. The summed E-state index contributed by atoms with van der Waals surface area (Å²) in [5.41, 5.74) is 4.63. The Labute approximate surface area is 184 Å². The van der Waals surface area contributed by atoms with Crippen molar-refractivity contribution in [1.29, 1.82) is 0 Å². The molecular weight excluding hydrogens is 414 g/mol. The van der Waals surface area contributed by atoms with Crippen molar-refractivity contribution < 1.29 is 4.79 Å². The molecule has 3 aromatic carbocycles. The first-order valence-electron chi connectivity index (χ1n) is 9.59. The molecule has 4 nitrogen and oxygen atoms in total. The van der Waals surface area contributed by atoms with E-state index in [9.17, 15) is 4.79 Å². The molecule has 0 aliphatic heterocycles. The number of thiazole rings is 1. The van der Waals surface area contributed by atoms with Crippen LogP contribution in [0.15, 0.2) is 84.2 Å². The number of benzene rings is 3. The number of aromatic nitrogens is 1. The number of hydrogen-bond donors (Lipinski definition) is 2. The molecule has 0 saturated heterocycles. The second-order valence-corrected chi connectivity index (χ2v) is 8.02. The van der Waals surface area contributed by atoms with E-state index in [1.165, 1.54) is 11.3 Å². The van der Waals surface area contributed by atoms with Gasteiger partial charge in [-0.05, 0) is 36.2 Å². The summed E-state index contributed by atoms with van der Waals surface area (Å²) in [6, 6.07) is 25.3. The lowest BCUT2D eigenvalue weighted by Gasteiger charge is -2.06. The third kappa shape index (κ3) is 5.26. The molecular formula is C24H20ClN3OS. The predicted molar refractivity (Wildman–Crippen MR) is 126 cm³/mol. The molecule has 1 heterocycles. The smallest absolute Gasteiger partial charge is 0.224 e. The summed E-state index contributed by atoms with van der Waals surface area (Å²) in [5, 5.41) is 9.62. The lowest BCUT2D eigenvalue weighted by Crippen LogP contribution is -2.12. The fourth-order valence-electron chi connectivity index (χ4n) is 2.99. The Morgan fingerprint density at radius 1 is 0.933 bits per heavy atom. The van der Waals surface area contributed by atoms with Gasteiger partial charge < -0.3 is 10.6 Å².